The highest BCUT2D eigenvalue weighted by atomic mass is 32.2. The van der Waals surface area contributed by atoms with Crippen LogP contribution >= 0.6 is 11.8 Å². The molecular formula is C12H18FNS. The van der Waals surface area contributed by atoms with Gasteiger partial charge in [0.15, 0.2) is 0 Å². The first-order valence-corrected chi connectivity index (χ1v) is 6.60. The fourth-order valence-electron chi connectivity index (χ4n) is 1.56. The number of benzene rings is 1. The van der Waals surface area contributed by atoms with Crippen LogP contribution in [-0.2, 0) is 6.42 Å². The Bertz CT molecular complexity index is 291. The van der Waals surface area contributed by atoms with Gasteiger partial charge in [-0.05, 0) is 49.0 Å². The molecular weight excluding hydrogens is 209 g/mol. The molecule has 1 nitrogen and oxygen atoms in total. The first-order valence-electron chi connectivity index (χ1n) is 5.21. The van der Waals surface area contributed by atoms with E-state index < -0.39 is 0 Å². The van der Waals surface area contributed by atoms with Crippen LogP contribution in [0.25, 0.3) is 0 Å². The van der Waals surface area contributed by atoms with Gasteiger partial charge >= 0.3 is 0 Å². The molecule has 0 spiro atoms. The topological polar surface area (TPSA) is 26.0 Å². The highest BCUT2D eigenvalue weighted by molar-refractivity contribution is 7.98. The van der Waals surface area contributed by atoms with Gasteiger partial charge in [0.25, 0.3) is 0 Å². The fourth-order valence-corrected chi connectivity index (χ4v) is 2.01. The molecule has 0 aliphatic rings. The second-order valence-corrected chi connectivity index (χ2v) is 4.71. The van der Waals surface area contributed by atoms with Crippen LogP contribution in [0.2, 0.25) is 0 Å². The van der Waals surface area contributed by atoms with Crippen molar-refractivity contribution in [2.75, 3.05) is 12.0 Å². The average Bonchev–Trinajstić information content (AvgIpc) is 2.18. The minimum Gasteiger partial charge on any atom is -0.327 e. The van der Waals surface area contributed by atoms with E-state index in [0.29, 0.717) is 0 Å². The van der Waals surface area contributed by atoms with Crippen molar-refractivity contribution in [3.8, 4) is 0 Å². The van der Waals surface area contributed by atoms with E-state index in [-0.39, 0.29) is 11.9 Å². The summed E-state index contributed by atoms with van der Waals surface area (Å²) >= 11 is 1.84. The summed E-state index contributed by atoms with van der Waals surface area (Å²) < 4.78 is 12.9. The van der Waals surface area contributed by atoms with Gasteiger partial charge in [-0.2, -0.15) is 11.8 Å². The zero-order chi connectivity index (χ0) is 11.1. The van der Waals surface area contributed by atoms with E-state index in [0.717, 1.165) is 30.6 Å². The monoisotopic (exact) mass is 227 g/mol. The summed E-state index contributed by atoms with van der Waals surface area (Å²) in [6.45, 7) is 0. The zero-order valence-corrected chi connectivity index (χ0v) is 9.90. The molecule has 0 saturated heterocycles. The molecule has 0 saturated carbocycles. The quantitative estimate of drug-likeness (QED) is 0.756. The minimum absolute atomic E-state index is 0.152. The van der Waals surface area contributed by atoms with Crippen molar-refractivity contribution < 1.29 is 4.39 Å². The molecule has 1 aromatic rings. The molecule has 0 heterocycles. The largest absolute Gasteiger partial charge is 0.327 e. The summed E-state index contributed by atoms with van der Waals surface area (Å²) in [6, 6.07) is 6.84. The summed E-state index contributed by atoms with van der Waals surface area (Å²) in [6.07, 6.45) is 5.01. The highest BCUT2D eigenvalue weighted by Crippen LogP contribution is 2.09. The van der Waals surface area contributed by atoms with Crippen LogP contribution < -0.4 is 5.73 Å². The third-order valence-electron chi connectivity index (χ3n) is 2.31. The molecule has 1 aromatic carbocycles. The maximum absolute atomic E-state index is 12.9. The number of thioether (sulfide) groups is 1. The number of nitrogens with two attached hydrogens (primary N) is 1. The first-order chi connectivity index (χ1) is 7.22. The lowest BCUT2D eigenvalue weighted by Crippen LogP contribution is -2.22. The number of hydrogen-bond acceptors (Lipinski definition) is 2. The molecule has 0 aromatic heterocycles. The van der Waals surface area contributed by atoms with Crippen LogP contribution in [0.4, 0.5) is 4.39 Å². The van der Waals surface area contributed by atoms with Gasteiger partial charge in [-0.25, -0.2) is 4.39 Å². The van der Waals surface area contributed by atoms with E-state index in [2.05, 4.69) is 6.26 Å². The standard InChI is InChI=1S/C12H18FNS/c1-15-7-3-6-12(14)9-10-4-2-5-11(13)8-10/h2,4-5,8,12H,3,6-7,9,14H2,1H3. The molecule has 1 rings (SSSR count). The van der Waals surface area contributed by atoms with Gasteiger partial charge in [0.05, 0.1) is 0 Å². The van der Waals surface area contributed by atoms with E-state index in [9.17, 15) is 4.39 Å². The van der Waals surface area contributed by atoms with Crippen LogP contribution in [-0.4, -0.2) is 18.1 Å². The molecule has 0 fully saturated rings. The molecule has 1 atom stereocenters. The van der Waals surface area contributed by atoms with E-state index in [1.807, 2.05) is 17.8 Å². The summed E-state index contributed by atoms with van der Waals surface area (Å²) in [5.74, 6) is 0.973. The summed E-state index contributed by atoms with van der Waals surface area (Å²) in [4.78, 5) is 0. The fraction of sp³-hybridized carbons (Fsp3) is 0.500. The lowest BCUT2D eigenvalue weighted by Gasteiger charge is -2.10. The summed E-state index contributed by atoms with van der Waals surface area (Å²) in [5.41, 5.74) is 6.96. The third kappa shape index (κ3) is 5.19. The Morgan fingerprint density at radius 3 is 2.93 bits per heavy atom. The Morgan fingerprint density at radius 2 is 2.27 bits per heavy atom. The minimum atomic E-state index is -0.177. The van der Waals surface area contributed by atoms with Gasteiger partial charge in [0, 0.05) is 6.04 Å². The molecule has 0 amide bonds. The molecule has 2 N–H and O–H groups in total. The Balaban J connectivity index is 2.34. The Hall–Kier alpha value is -0.540. The van der Waals surface area contributed by atoms with Crippen LogP contribution in [0, 0.1) is 5.82 Å². The van der Waals surface area contributed by atoms with E-state index in [4.69, 9.17) is 5.73 Å². The lowest BCUT2D eigenvalue weighted by atomic mass is 10.0. The predicted molar refractivity (Wildman–Crippen MR) is 65.7 cm³/mol. The number of hydrogen-bond donors (Lipinski definition) is 1. The average molecular weight is 227 g/mol. The molecule has 15 heavy (non-hydrogen) atoms. The van der Waals surface area contributed by atoms with Gasteiger partial charge < -0.3 is 5.73 Å². The smallest absolute Gasteiger partial charge is 0.123 e. The van der Waals surface area contributed by atoms with Gasteiger partial charge in [0.2, 0.25) is 0 Å². The van der Waals surface area contributed by atoms with Crippen molar-refractivity contribution in [1.82, 2.24) is 0 Å². The molecule has 0 radical (unpaired) electrons. The second-order valence-electron chi connectivity index (χ2n) is 3.73. The van der Waals surface area contributed by atoms with Gasteiger partial charge in [-0.1, -0.05) is 12.1 Å². The van der Waals surface area contributed by atoms with Crippen LogP contribution in [0.1, 0.15) is 18.4 Å². The predicted octanol–water partition coefficient (Wildman–Crippen LogP) is 2.84. The molecule has 84 valence electrons. The van der Waals surface area contributed by atoms with E-state index in [1.54, 1.807) is 12.1 Å². The SMILES string of the molecule is CSCCCC(N)Cc1cccc(F)c1. The van der Waals surface area contributed by atoms with E-state index >= 15 is 0 Å². The van der Waals surface area contributed by atoms with Gasteiger partial charge in [0.1, 0.15) is 5.82 Å². The molecule has 3 heteroatoms. The summed E-state index contributed by atoms with van der Waals surface area (Å²) in [5, 5.41) is 0. The van der Waals surface area contributed by atoms with Crippen molar-refractivity contribution >= 4 is 11.8 Å². The van der Waals surface area contributed by atoms with Crippen molar-refractivity contribution in [1.29, 1.82) is 0 Å². The Morgan fingerprint density at radius 1 is 1.47 bits per heavy atom. The maximum Gasteiger partial charge on any atom is 0.123 e. The maximum atomic E-state index is 12.9. The molecule has 0 aliphatic carbocycles. The van der Waals surface area contributed by atoms with Crippen LogP contribution in [0.3, 0.4) is 0 Å². The molecule has 0 bridgehead atoms. The van der Waals surface area contributed by atoms with Gasteiger partial charge in [-0.15, -0.1) is 0 Å². The molecule has 1 unspecified atom stereocenters. The number of halogens is 1. The van der Waals surface area contributed by atoms with Crippen molar-refractivity contribution in [3.63, 3.8) is 0 Å². The van der Waals surface area contributed by atoms with Crippen LogP contribution in [0.5, 0.6) is 0 Å². The zero-order valence-electron chi connectivity index (χ0n) is 9.08. The van der Waals surface area contributed by atoms with Gasteiger partial charge in [-0.3, -0.25) is 0 Å². The summed E-state index contributed by atoms with van der Waals surface area (Å²) in [7, 11) is 0. The third-order valence-corrected chi connectivity index (χ3v) is 3.01. The van der Waals surface area contributed by atoms with Crippen molar-refractivity contribution in [3.05, 3.63) is 35.6 Å². The lowest BCUT2D eigenvalue weighted by molar-refractivity contribution is 0.594. The number of rotatable bonds is 6. The Kier molecular flexibility index (Phi) is 5.73. The second kappa shape index (κ2) is 6.85. The highest BCUT2D eigenvalue weighted by Gasteiger charge is 2.04. The van der Waals surface area contributed by atoms with Crippen LogP contribution in [0.15, 0.2) is 24.3 Å². The van der Waals surface area contributed by atoms with E-state index in [1.165, 1.54) is 6.07 Å². The normalized spacial score (nSPS) is 12.7. The van der Waals surface area contributed by atoms with Crippen molar-refractivity contribution in [2.45, 2.75) is 25.3 Å². The molecule has 0 aliphatic heterocycles. The first kappa shape index (κ1) is 12.5. The Labute approximate surface area is 95.2 Å². The van der Waals surface area contributed by atoms with Crippen molar-refractivity contribution in [2.24, 2.45) is 5.73 Å².